The molecule has 1 saturated heterocycles. The highest BCUT2D eigenvalue weighted by atomic mass is 32.2. The molecular weight excluding hydrogens is 564 g/mol. The number of aromatic nitrogens is 2. The Morgan fingerprint density at radius 2 is 1.74 bits per heavy atom. The Morgan fingerprint density at radius 3 is 2.47 bits per heavy atom. The number of benzene rings is 3. The molecule has 0 spiro atoms. The molecule has 0 saturated carbocycles. The minimum Gasteiger partial charge on any atom is -0.466 e. The van der Waals surface area contributed by atoms with E-state index < -0.39 is 11.2 Å². The van der Waals surface area contributed by atoms with Gasteiger partial charge in [-0.25, -0.2) is 4.98 Å². The number of esters is 1. The van der Waals surface area contributed by atoms with Crippen molar-refractivity contribution in [2.45, 2.75) is 62.5 Å². The lowest BCUT2D eigenvalue weighted by molar-refractivity contribution is -0.144. The molecule has 0 bridgehead atoms. The average Bonchev–Trinajstić information content (AvgIpc) is 3.50. The predicted molar refractivity (Wildman–Crippen MR) is 168 cm³/mol. The van der Waals surface area contributed by atoms with Crippen LogP contribution in [0, 0.1) is 0 Å². The summed E-state index contributed by atoms with van der Waals surface area (Å²) in [7, 11) is 0. The maximum Gasteiger partial charge on any atom is 0.306 e. The van der Waals surface area contributed by atoms with Gasteiger partial charge in [-0.2, -0.15) is 0 Å². The van der Waals surface area contributed by atoms with Gasteiger partial charge in [-0.05, 0) is 55.2 Å². The average molecular weight is 601 g/mol. The number of fused-ring (bicyclic) bond motifs is 2. The fourth-order valence-corrected chi connectivity index (χ4v) is 6.74. The van der Waals surface area contributed by atoms with Gasteiger partial charge >= 0.3 is 5.97 Å². The van der Waals surface area contributed by atoms with Crippen LogP contribution in [0.1, 0.15) is 50.3 Å². The van der Waals surface area contributed by atoms with Gasteiger partial charge in [-0.1, -0.05) is 66.4 Å². The summed E-state index contributed by atoms with van der Waals surface area (Å²) in [5.74, 6) is -0.740. The maximum absolute atomic E-state index is 14.2. The van der Waals surface area contributed by atoms with Crippen LogP contribution in [0.25, 0.3) is 21.7 Å². The van der Waals surface area contributed by atoms with Gasteiger partial charge in [0.15, 0.2) is 5.16 Å². The number of nitrogens with zero attached hydrogens (tertiary/aromatic N) is 3. The SMILES string of the molecule is CCOC(=O)CCC(=O)NC[C@H]1CCCN1C(=O)C(Sc1nc2cc3ccccc3cc2c(=O)n1CC)c1ccccc1. The van der Waals surface area contributed by atoms with E-state index in [0.29, 0.717) is 35.7 Å². The quantitative estimate of drug-likeness (QED) is 0.113. The highest BCUT2D eigenvalue weighted by Crippen LogP contribution is 2.38. The zero-order chi connectivity index (χ0) is 30.3. The Balaban J connectivity index is 1.41. The number of nitrogens with one attached hydrogen (secondary N) is 1. The van der Waals surface area contributed by atoms with Crippen molar-refractivity contribution in [3.63, 3.8) is 0 Å². The fourth-order valence-electron chi connectivity index (χ4n) is 5.51. The molecule has 1 N–H and O–H groups in total. The summed E-state index contributed by atoms with van der Waals surface area (Å²) in [4.78, 5) is 58.7. The Kier molecular flexibility index (Phi) is 9.76. The van der Waals surface area contributed by atoms with E-state index in [4.69, 9.17) is 9.72 Å². The van der Waals surface area contributed by atoms with Crippen LogP contribution in [0.5, 0.6) is 0 Å². The Bertz CT molecular complexity index is 1690. The molecule has 1 fully saturated rings. The predicted octanol–water partition coefficient (Wildman–Crippen LogP) is 4.85. The minimum absolute atomic E-state index is 0.0212. The monoisotopic (exact) mass is 600 g/mol. The van der Waals surface area contributed by atoms with Gasteiger partial charge in [-0.15, -0.1) is 0 Å². The first kappa shape index (κ1) is 30.3. The summed E-state index contributed by atoms with van der Waals surface area (Å²) >= 11 is 1.29. The highest BCUT2D eigenvalue weighted by Gasteiger charge is 2.35. The van der Waals surface area contributed by atoms with E-state index in [1.165, 1.54) is 11.8 Å². The normalized spacial score (nSPS) is 15.5. The second kappa shape index (κ2) is 13.9. The van der Waals surface area contributed by atoms with Gasteiger partial charge < -0.3 is 15.0 Å². The standard InChI is InChI=1S/C33H36N4O5S/c1-3-36-31(40)26-19-23-13-8-9-14-24(23)20-27(26)35-33(36)43-30(22-11-6-5-7-12-22)32(41)37-18-10-15-25(37)21-34-28(38)16-17-29(39)42-4-2/h5-9,11-14,19-20,25,30H,3-4,10,15-18,21H2,1-2H3,(H,34,38)/t25-,30?/m1/s1. The molecule has 3 aromatic carbocycles. The second-order valence-electron chi connectivity index (χ2n) is 10.5. The van der Waals surface area contributed by atoms with E-state index in [-0.39, 0.29) is 42.9 Å². The third-order valence-electron chi connectivity index (χ3n) is 7.71. The number of hydrogen-bond donors (Lipinski definition) is 1. The van der Waals surface area contributed by atoms with Crippen molar-refractivity contribution in [1.82, 2.24) is 19.8 Å². The molecule has 1 aliphatic rings. The molecule has 5 rings (SSSR count). The first-order valence-corrected chi connectivity index (χ1v) is 15.6. The van der Waals surface area contributed by atoms with Crippen LogP contribution in [0.15, 0.2) is 76.7 Å². The van der Waals surface area contributed by atoms with Crippen molar-refractivity contribution < 1.29 is 19.1 Å². The smallest absolute Gasteiger partial charge is 0.306 e. The molecule has 1 aliphatic heterocycles. The highest BCUT2D eigenvalue weighted by molar-refractivity contribution is 8.00. The molecule has 1 aromatic heterocycles. The molecular formula is C33H36N4O5S. The van der Waals surface area contributed by atoms with Crippen LogP contribution in [0.2, 0.25) is 0 Å². The zero-order valence-electron chi connectivity index (χ0n) is 24.5. The van der Waals surface area contributed by atoms with Crippen LogP contribution in [-0.4, -0.2) is 58.0 Å². The number of likely N-dealkylation sites (tertiary alicyclic amines) is 1. The van der Waals surface area contributed by atoms with Crippen molar-refractivity contribution in [1.29, 1.82) is 0 Å². The first-order chi connectivity index (χ1) is 20.9. The molecule has 224 valence electrons. The molecule has 0 aliphatic carbocycles. The van der Waals surface area contributed by atoms with Crippen LogP contribution in [0.4, 0.5) is 0 Å². The lowest BCUT2D eigenvalue weighted by Gasteiger charge is -2.29. The van der Waals surface area contributed by atoms with E-state index in [2.05, 4.69) is 5.32 Å². The van der Waals surface area contributed by atoms with Gasteiger partial charge in [0.1, 0.15) is 5.25 Å². The summed E-state index contributed by atoms with van der Waals surface area (Å²) < 4.78 is 6.54. The largest absolute Gasteiger partial charge is 0.466 e. The minimum atomic E-state index is -0.635. The van der Waals surface area contributed by atoms with Gasteiger partial charge in [0.2, 0.25) is 11.8 Å². The van der Waals surface area contributed by atoms with Gasteiger partial charge in [0.25, 0.3) is 5.56 Å². The molecule has 10 heteroatoms. The summed E-state index contributed by atoms with van der Waals surface area (Å²) in [5, 5.41) is 5.26. The van der Waals surface area contributed by atoms with E-state index in [1.54, 1.807) is 11.5 Å². The molecule has 0 radical (unpaired) electrons. The summed E-state index contributed by atoms with van der Waals surface area (Å²) in [5.41, 5.74) is 1.28. The van der Waals surface area contributed by atoms with Crippen molar-refractivity contribution in [3.8, 4) is 0 Å². The van der Waals surface area contributed by atoms with Crippen molar-refractivity contribution in [2.24, 2.45) is 0 Å². The number of carbonyl (C=O) groups excluding carboxylic acids is 3. The number of hydrogen-bond acceptors (Lipinski definition) is 7. The van der Waals surface area contributed by atoms with Crippen molar-refractivity contribution >= 4 is 51.2 Å². The third kappa shape index (κ3) is 6.91. The second-order valence-corrected chi connectivity index (χ2v) is 11.6. The van der Waals surface area contributed by atoms with E-state index >= 15 is 0 Å². The molecule has 2 amide bonds. The zero-order valence-corrected chi connectivity index (χ0v) is 25.3. The van der Waals surface area contributed by atoms with Crippen LogP contribution in [0.3, 0.4) is 0 Å². The Morgan fingerprint density at radius 1 is 1.02 bits per heavy atom. The fraction of sp³-hybridized carbons (Fsp3) is 0.364. The van der Waals surface area contributed by atoms with Gasteiger partial charge in [0, 0.05) is 32.1 Å². The Hall–Kier alpha value is -4.18. The van der Waals surface area contributed by atoms with Crippen LogP contribution >= 0.6 is 11.8 Å². The summed E-state index contributed by atoms with van der Waals surface area (Å²) in [6, 6.07) is 21.0. The number of ether oxygens (including phenoxy) is 1. The van der Waals surface area contributed by atoms with E-state index in [0.717, 1.165) is 29.2 Å². The van der Waals surface area contributed by atoms with Crippen molar-refractivity contribution in [2.75, 3.05) is 19.7 Å². The molecule has 1 unspecified atom stereocenters. The number of carbonyl (C=O) groups is 3. The molecule has 9 nitrogen and oxygen atoms in total. The lowest BCUT2D eigenvalue weighted by Crippen LogP contribution is -2.44. The molecule has 2 heterocycles. The van der Waals surface area contributed by atoms with Crippen molar-refractivity contribution in [3.05, 3.63) is 82.6 Å². The summed E-state index contributed by atoms with van der Waals surface area (Å²) in [6.07, 6.45) is 1.64. The van der Waals surface area contributed by atoms with E-state index in [1.807, 2.05) is 78.6 Å². The van der Waals surface area contributed by atoms with E-state index in [9.17, 15) is 19.2 Å². The number of amides is 2. The Labute approximate surface area is 254 Å². The summed E-state index contributed by atoms with van der Waals surface area (Å²) in [6.45, 7) is 5.20. The van der Waals surface area contributed by atoms with Crippen LogP contribution < -0.4 is 10.9 Å². The van der Waals surface area contributed by atoms with Gasteiger partial charge in [0.05, 0.1) is 23.9 Å². The first-order valence-electron chi connectivity index (χ1n) is 14.8. The number of thioether (sulfide) groups is 1. The lowest BCUT2D eigenvalue weighted by atomic mass is 10.1. The molecule has 4 aromatic rings. The topological polar surface area (TPSA) is 111 Å². The third-order valence-corrected chi connectivity index (χ3v) is 8.94. The van der Waals surface area contributed by atoms with Gasteiger partial charge in [-0.3, -0.25) is 23.7 Å². The molecule has 43 heavy (non-hydrogen) atoms. The molecule has 2 atom stereocenters. The number of rotatable bonds is 11. The maximum atomic E-state index is 14.2. The van der Waals surface area contributed by atoms with Crippen LogP contribution in [-0.2, 0) is 25.7 Å².